The molecule has 1 aliphatic rings. The Hall–Kier alpha value is -5.68. The molecule has 5 heteroatoms. The van der Waals surface area contributed by atoms with E-state index in [0.29, 0.717) is 46.2 Å². The monoisotopic (exact) mass is 913 g/mol. The smallest absolute Gasteiger partial charge is 0.138 e. The molecular weight excluding hydrogens is 837 g/mol. The Morgan fingerprint density at radius 3 is 0.691 bits per heavy atom. The van der Waals surface area contributed by atoms with Gasteiger partial charge < -0.3 is 24.8 Å². The van der Waals surface area contributed by atoms with Gasteiger partial charge in [0.05, 0.1) is 0 Å². The number of fused-ring (bicyclic) bond motifs is 11. The van der Waals surface area contributed by atoms with Crippen molar-refractivity contribution >= 4 is 21.9 Å². The molecule has 1 aliphatic heterocycles. The van der Waals surface area contributed by atoms with Crippen molar-refractivity contribution in [3.05, 3.63) is 140 Å². The summed E-state index contributed by atoms with van der Waals surface area (Å²) in [6, 6.07) is 25.5. The van der Waals surface area contributed by atoms with Gasteiger partial charge in [-0.15, -0.1) is 0 Å². The standard InChI is InChI=1S/C63H76O5/c1-58(2,3)40-22-34-19-35-23-41(59(4,5)6)29-47(53(35)65)49-31-43(61(10,11)12)25-37(55(49)67)21-39-27-45(63(16,17)18)33-51-50-32-44(62(13,14)15)26-38(56(50)68-57(39)51)20-36-24-42(60(7,8)9)30-48(54(36)66)46(28-40)52(34)64/h22-33,64-67H,19-21H2,1-18H3. The Bertz CT molecular complexity index is 2950. The van der Waals surface area contributed by atoms with Crippen molar-refractivity contribution in [1.82, 2.24) is 0 Å². The first-order chi connectivity index (χ1) is 31.1. The van der Waals surface area contributed by atoms with E-state index in [1.165, 1.54) is 0 Å². The van der Waals surface area contributed by atoms with Crippen LogP contribution in [0.2, 0.25) is 0 Å². The molecule has 4 N–H and O–H groups in total. The molecule has 5 nitrogen and oxygen atoms in total. The third kappa shape index (κ3) is 8.91. The van der Waals surface area contributed by atoms with Crippen LogP contribution in [0.15, 0.2) is 77.2 Å². The summed E-state index contributed by atoms with van der Waals surface area (Å²) in [7, 11) is 0. The van der Waals surface area contributed by atoms with Gasteiger partial charge in [0.15, 0.2) is 0 Å². The molecule has 0 aliphatic carbocycles. The molecule has 0 fully saturated rings. The number of hydrogen-bond acceptors (Lipinski definition) is 5. The van der Waals surface area contributed by atoms with Crippen molar-refractivity contribution < 1.29 is 24.8 Å². The molecule has 358 valence electrons. The molecule has 0 atom stereocenters. The van der Waals surface area contributed by atoms with Crippen molar-refractivity contribution in [3.63, 3.8) is 0 Å². The van der Waals surface area contributed by atoms with Crippen LogP contribution in [0.25, 0.3) is 44.2 Å². The summed E-state index contributed by atoms with van der Waals surface area (Å²) in [5.41, 5.74) is 13.1. The van der Waals surface area contributed by atoms with Gasteiger partial charge in [0.2, 0.25) is 0 Å². The second-order valence-electron chi connectivity index (χ2n) is 26.3. The maximum atomic E-state index is 12.8. The fourth-order valence-corrected chi connectivity index (χ4v) is 9.74. The van der Waals surface area contributed by atoms with Crippen molar-refractivity contribution in [3.8, 4) is 45.3 Å². The molecule has 1 aromatic heterocycles. The largest absolute Gasteiger partial charge is 0.507 e. The van der Waals surface area contributed by atoms with Crippen LogP contribution >= 0.6 is 0 Å². The zero-order valence-corrected chi connectivity index (χ0v) is 44.2. The predicted octanol–water partition coefficient (Wildman–Crippen LogP) is 16.6. The summed E-state index contributed by atoms with van der Waals surface area (Å²) in [4.78, 5) is 0. The maximum Gasteiger partial charge on any atom is 0.138 e. The molecular formula is C63H76O5. The van der Waals surface area contributed by atoms with Crippen LogP contribution in [0.4, 0.5) is 0 Å². The number of rotatable bonds is 0. The molecule has 10 bridgehead atoms. The second-order valence-corrected chi connectivity index (χ2v) is 26.3. The maximum absolute atomic E-state index is 12.8. The van der Waals surface area contributed by atoms with Gasteiger partial charge in [-0.3, -0.25) is 0 Å². The first-order valence-electron chi connectivity index (χ1n) is 24.6. The molecule has 0 amide bonds. The number of benzene rings is 6. The summed E-state index contributed by atoms with van der Waals surface area (Å²) in [5, 5.41) is 52.9. The quantitative estimate of drug-likeness (QED) is 0.122. The van der Waals surface area contributed by atoms with Crippen molar-refractivity contribution in [1.29, 1.82) is 0 Å². The number of hydrogen-bond donors (Lipinski definition) is 4. The van der Waals surface area contributed by atoms with E-state index in [-0.39, 0.29) is 61.9 Å². The van der Waals surface area contributed by atoms with E-state index >= 15 is 0 Å². The predicted molar refractivity (Wildman–Crippen MR) is 285 cm³/mol. The average molecular weight is 913 g/mol. The van der Waals surface area contributed by atoms with Crippen LogP contribution in [-0.4, -0.2) is 20.4 Å². The molecule has 6 aromatic carbocycles. The van der Waals surface area contributed by atoms with E-state index in [4.69, 9.17) is 4.42 Å². The molecule has 68 heavy (non-hydrogen) atoms. The van der Waals surface area contributed by atoms with Gasteiger partial charge in [-0.2, -0.15) is 0 Å². The van der Waals surface area contributed by atoms with Gasteiger partial charge in [0, 0.05) is 63.4 Å². The highest BCUT2D eigenvalue weighted by atomic mass is 16.3. The SMILES string of the molecule is CC(C)(C)c1cc2c(O)c(c1)-c1cc(C(C)(C)C)cc(c1O)Cc1cc(C(C)(C)C)cc3c1oc1c(cc(C(C)(C)C)cc13)Cc1cc(C(C)(C)C)cc(c1O)-c1cc(C(C)(C)C)cc(c1O)C2. The minimum absolute atomic E-state index is 0.0540. The van der Waals surface area contributed by atoms with Crippen LogP contribution in [0.5, 0.6) is 23.0 Å². The Morgan fingerprint density at radius 2 is 0.471 bits per heavy atom. The van der Waals surface area contributed by atoms with Crippen LogP contribution < -0.4 is 0 Å². The van der Waals surface area contributed by atoms with E-state index in [1.54, 1.807) is 0 Å². The Morgan fingerprint density at radius 1 is 0.279 bits per heavy atom. The fraction of sp³-hybridized carbons (Fsp3) is 0.429. The van der Waals surface area contributed by atoms with Crippen LogP contribution in [0.1, 0.15) is 191 Å². The topological polar surface area (TPSA) is 94.1 Å². The number of furan rings is 1. The Labute approximate surface area is 406 Å². The lowest BCUT2D eigenvalue weighted by molar-refractivity contribution is 0.457. The molecule has 0 radical (unpaired) electrons. The van der Waals surface area contributed by atoms with Crippen molar-refractivity contribution in [2.75, 3.05) is 0 Å². The van der Waals surface area contributed by atoms with Gasteiger partial charge in [0.1, 0.15) is 34.2 Å². The highest BCUT2D eigenvalue weighted by Gasteiger charge is 2.31. The lowest BCUT2D eigenvalue weighted by atomic mass is 9.79. The number of aromatic hydroxyl groups is 4. The molecule has 0 saturated carbocycles. The fourth-order valence-electron chi connectivity index (χ4n) is 9.74. The normalized spacial score (nSPS) is 14.1. The second kappa shape index (κ2) is 15.9. The Balaban J connectivity index is 1.59. The zero-order valence-electron chi connectivity index (χ0n) is 44.2. The lowest BCUT2D eigenvalue weighted by Gasteiger charge is -2.27. The van der Waals surface area contributed by atoms with Crippen LogP contribution in [0.3, 0.4) is 0 Å². The average Bonchev–Trinajstić information content (AvgIpc) is 3.58. The minimum atomic E-state index is -0.326. The van der Waals surface area contributed by atoms with E-state index in [2.05, 4.69) is 161 Å². The van der Waals surface area contributed by atoms with Crippen LogP contribution in [0, 0.1) is 0 Å². The van der Waals surface area contributed by atoms with Gasteiger partial charge >= 0.3 is 0 Å². The summed E-state index contributed by atoms with van der Waals surface area (Å²) in [6.45, 7) is 39.4. The molecule has 8 rings (SSSR count). The number of phenolic OH excluding ortho intramolecular Hbond substituents is 4. The van der Waals surface area contributed by atoms with E-state index in [9.17, 15) is 20.4 Å². The molecule has 0 unspecified atom stereocenters. The Kier molecular flexibility index (Phi) is 11.4. The minimum Gasteiger partial charge on any atom is -0.507 e. The van der Waals surface area contributed by atoms with E-state index in [1.807, 2.05) is 36.4 Å². The summed E-state index contributed by atoms with van der Waals surface area (Å²) in [5.74, 6) is 0.338. The number of phenols is 4. The van der Waals surface area contributed by atoms with E-state index in [0.717, 1.165) is 77.6 Å². The third-order valence-electron chi connectivity index (χ3n) is 14.5. The van der Waals surface area contributed by atoms with Crippen molar-refractivity contribution in [2.24, 2.45) is 0 Å². The molecule has 2 heterocycles. The summed E-state index contributed by atoms with van der Waals surface area (Å²) < 4.78 is 7.22. The van der Waals surface area contributed by atoms with Crippen molar-refractivity contribution in [2.45, 2.75) is 176 Å². The van der Waals surface area contributed by atoms with Gasteiger partial charge in [0.25, 0.3) is 0 Å². The highest BCUT2D eigenvalue weighted by molar-refractivity contribution is 6.08. The summed E-state index contributed by atoms with van der Waals surface area (Å²) in [6.07, 6.45) is 0.968. The molecule has 7 aromatic rings. The zero-order chi connectivity index (χ0) is 50.2. The third-order valence-corrected chi connectivity index (χ3v) is 14.5. The first-order valence-corrected chi connectivity index (χ1v) is 24.6. The van der Waals surface area contributed by atoms with E-state index < -0.39 is 0 Å². The highest BCUT2D eigenvalue weighted by Crippen LogP contribution is 2.50. The molecule has 0 spiro atoms. The van der Waals surface area contributed by atoms with Gasteiger partial charge in [-0.25, -0.2) is 0 Å². The van der Waals surface area contributed by atoms with Crippen LogP contribution in [-0.2, 0) is 51.8 Å². The summed E-state index contributed by atoms with van der Waals surface area (Å²) >= 11 is 0. The van der Waals surface area contributed by atoms with Gasteiger partial charge in [-0.05, 0) is 125 Å². The first kappa shape index (κ1) is 48.8. The van der Waals surface area contributed by atoms with Gasteiger partial charge in [-0.1, -0.05) is 161 Å². The lowest BCUT2D eigenvalue weighted by Crippen LogP contribution is -2.14. The molecule has 0 saturated heterocycles.